The molecule has 1 aromatic carbocycles. The van der Waals surface area contributed by atoms with Crippen LogP contribution in [0.5, 0.6) is 0 Å². The van der Waals surface area contributed by atoms with E-state index in [0.29, 0.717) is 21.3 Å². The second kappa shape index (κ2) is 6.97. The Bertz CT molecular complexity index is 726. The van der Waals surface area contributed by atoms with Crippen molar-refractivity contribution in [2.24, 2.45) is 4.99 Å². The van der Waals surface area contributed by atoms with Gasteiger partial charge >= 0.3 is 0 Å². The standard InChI is InChI=1S/C13H10IN3OS2/c1-2-18-8-16-12-11(7-15)20-13(19)17(12)10-5-3-9(14)4-6-10/h3-6,8H,2H2,1H3/b16-8+. The van der Waals surface area contributed by atoms with Crippen LogP contribution in [0.4, 0.5) is 5.82 Å². The molecule has 0 aliphatic heterocycles. The van der Waals surface area contributed by atoms with Gasteiger partial charge in [-0.2, -0.15) is 5.26 Å². The third-order valence-corrected chi connectivity index (χ3v) is 4.38. The molecule has 0 unspecified atom stereocenters. The van der Waals surface area contributed by atoms with E-state index in [9.17, 15) is 5.26 Å². The molecule has 102 valence electrons. The Kier molecular flexibility index (Phi) is 5.28. The fourth-order valence-corrected chi connectivity index (χ4v) is 3.08. The maximum absolute atomic E-state index is 9.19. The highest BCUT2D eigenvalue weighted by molar-refractivity contribution is 14.1. The van der Waals surface area contributed by atoms with Crippen molar-refractivity contribution in [3.63, 3.8) is 0 Å². The molecule has 7 heteroatoms. The molecule has 0 saturated carbocycles. The van der Waals surface area contributed by atoms with Gasteiger partial charge in [0.2, 0.25) is 0 Å². The van der Waals surface area contributed by atoms with Crippen molar-refractivity contribution in [3.8, 4) is 11.8 Å². The molecule has 0 spiro atoms. The highest BCUT2D eigenvalue weighted by Gasteiger charge is 2.13. The zero-order chi connectivity index (χ0) is 14.5. The summed E-state index contributed by atoms with van der Waals surface area (Å²) in [4.78, 5) is 4.70. The van der Waals surface area contributed by atoms with Crippen LogP contribution < -0.4 is 0 Å². The summed E-state index contributed by atoms with van der Waals surface area (Å²) < 4.78 is 8.61. The number of halogens is 1. The molecule has 0 bridgehead atoms. The van der Waals surface area contributed by atoms with Crippen LogP contribution in [-0.4, -0.2) is 17.6 Å². The summed E-state index contributed by atoms with van der Waals surface area (Å²) in [6.07, 6.45) is 1.35. The van der Waals surface area contributed by atoms with Gasteiger partial charge in [-0.1, -0.05) is 11.3 Å². The quantitative estimate of drug-likeness (QED) is 0.321. The maximum Gasteiger partial charge on any atom is 0.176 e. The molecule has 2 rings (SSSR count). The number of ether oxygens (including phenoxy) is 1. The highest BCUT2D eigenvalue weighted by Crippen LogP contribution is 2.30. The molecule has 4 nitrogen and oxygen atoms in total. The van der Waals surface area contributed by atoms with Gasteiger partial charge in [-0.15, -0.1) is 0 Å². The second-order valence-electron chi connectivity index (χ2n) is 3.63. The first-order valence-electron chi connectivity index (χ1n) is 5.73. The lowest BCUT2D eigenvalue weighted by atomic mass is 10.3. The number of nitrogens with zero attached hydrogens (tertiary/aromatic N) is 3. The maximum atomic E-state index is 9.19. The highest BCUT2D eigenvalue weighted by atomic mass is 127. The molecule has 2 aromatic rings. The fourth-order valence-electron chi connectivity index (χ4n) is 1.54. The minimum Gasteiger partial charge on any atom is -0.483 e. The molecular formula is C13H10IN3OS2. The predicted molar refractivity (Wildman–Crippen MR) is 91.7 cm³/mol. The van der Waals surface area contributed by atoms with E-state index in [0.717, 1.165) is 9.26 Å². The van der Waals surface area contributed by atoms with Gasteiger partial charge < -0.3 is 4.74 Å². The molecule has 20 heavy (non-hydrogen) atoms. The first-order valence-corrected chi connectivity index (χ1v) is 8.03. The number of hydrogen-bond donors (Lipinski definition) is 0. The van der Waals surface area contributed by atoms with E-state index in [1.807, 2.05) is 31.2 Å². The van der Waals surface area contributed by atoms with Gasteiger partial charge in [0, 0.05) is 9.26 Å². The number of aliphatic imine (C=N–C) groups is 1. The molecule has 0 radical (unpaired) electrons. The number of thiazole rings is 1. The third kappa shape index (κ3) is 3.26. The van der Waals surface area contributed by atoms with Crippen molar-refractivity contribution in [2.75, 3.05) is 6.61 Å². The summed E-state index contributed by atoms with van der Waals surface area (Å²) >= 11 is 8.82. The number of benzene rings is 1. The average molecular weight is 415 g/mol. The Labute approximate surface area is 139 Å². The van der Waals surface area contributed by atoms with Crippen LogP contribution >= 0.6 is 46.1 Å². The van der Waals surface area contributed by atoms with Crippen molar-refractivity contribution < 1.29 is 4.74 Å². The zero-order valence-corrected chi connectivity index (χ0v) is 14.3. The van der Waals surface area contributed by atoms with E-state index in [1.54, 1.807) is 4.57 Å². The Morgan fingerprint density at radius 2 is 2.20 bits per heavy atom. The van der Waals surface area contributed by atoms with Crippen LogP contribution in [0.3, 0.4) is 0 Å². The van der Waals surface area contributed by atoms with Gasteiger partial charge in [0.15, 0.2) is 21.0 Å². The summed E-state index contributed by atoms with van der Waals surface area (Å²) in [5.74, 6) is 0.511. The smallest absolute Gasteiger partial charge is 0.176 e. The van der Waals surface area contributed by atoms with Crippen LogP contribution in [-0.2, 0) is 4.74 Å². The Morgan fingerprint density at radius 3 is 2.80 bits per heavy atom. The summed E-state index contributed by atoms with van der Waals surface area (Å²) in [6.45, 7) is 2.40. The molecule has 1 aromatic heterocycles. The van der Waals surface area contributed by atoms with Gasteiger partial charge in [-0.25, -0.2) is 4.99 Å². The molecule has 0 N–H and O–H groups in total. The lowest BCUT2D eigenvalue weighted by Gasteiger charge is -2.05. The van der Waals surface area contributed by atoms with E-state index in [4.69, 9.17) is 17.0 Å². The van der Waals surface area contributed by atoms with Gasteiger partial charge in [-0.05, 0) is 66.0 Å². The van der Waals surface area contributed by atoms with Gasteiger partial charge in [-0.3, -0.25) is 4.57 Å². The largest absolute Gasteiger partial charge is 0.483 e. The normalized spacial score (nSPS) is 10.7. The second-order valence-corrected chi connectivity index (χ2v) is 6.52. The van der Waals surface area contributed by atoms with E-state index in [-0.39, 0.29) is 0 Å². The lowest BCUT2D eigenvalue weighted by Crippen LogP contribution is -1.94. The van der Waals surface area contributed by atoms with Crippen molar-refractivity contribution >= 4 is 58.4 Å². The van der Waals surface area contributed by atoms with Crippen LogP contribution in [0, 0.1) is 18.9 Å². The fraction of sp³-hybridized carbons (Fsp3) is 0.154. The van der Waals surface area contributed by atoms with E-state index in [1.165, 1.54) is 17.7 Å². The Balaban J connectivity index is 2.57. The van der Waals surface area contributed by atoms with Crippen LogP contribution in [0.15, 0.2) is 29.3 Å². The third-order valence-electron chi connectivity index (χ3n) is 2.39. The molecule has 0 amide bonds. The minimum absolute atomic E-state index is 0.476. The van der Waals surface area contributed by atoms with Gasteiger partial charge in [0.25, 0.3) is 0 Å². The Hall–Kier alpha value is -1.24. The van der Waals surface area contributed by atoms with E-state index < -0.39 is 0 Å². The van der Waals surface area contributed by atoms with E-state index in [2.05, 4.69) is 33.7 Å². The predicted octanol–water partition coefficient (Wildman–Crippen LogP) is 4.44. The van der Waals surface area contributed by atoms with Crippen LogP contribution in [0.1, 0.15) is 11.8 Å². The molecule has 1 heterocycles. The van der Waals surface area contributed by atoms with E-state index >= 15 is 0 Å². The minimum atomic E-state index is 0.476. The monoisotopic (exact) mass is 415 g/mol. The SMILES string of the molecule is CCO/C=N/c1c(C#N)sc(=S)n1-c1ccc(I)cc1. The summed E-state index contributed by atoms with van der Waals surface area (Å²) in [5, 5.41) is 9.19. The number of rotatable bonds is 4. The molecule has 0 aliphatic rings. The van der Waals surface area contributed by atoms with Gasteiger partial charge in [0.05, 0.1) is 6.61 Å². The van der Waals surface area contributed by atoms with Crippen LogP contribution in [0.2, 0.25) is 0 Å². The Morgan fingerprint density at radius 1 is 1.50 bits per heavy atom. The number of nitriles is 1. The first-order chi connectivity index (χ1) is 9.67. The van der Waals surface area contributed by atoms with Crippen LogP contribution in [0.25, 0.3) is 5.69 Å². The molecule has 0 aliphatic carbocycles. The molecular weight excluding hydrogens is 405 g/mol. The van der Waals surface area contributed by atoms with Gasteiger partial charge in [0.1, 0.15) is 6.07 Å². The van der Waals surface area contributed by atoms with Crippen molar-refractivity contribution in [1.29, 1.82) is 5.26 Å². The summed E-state index contributed by atoms with van der Waals surface area (Å²) in [6, 6.07) is 9.99. The van der Waals surface area contributed by atoms with Crippen molar-refractivity contribution in [1.82, 2.24) is 4.57 Å². The molecule has 0 atom stereocenters. The lowest BCUT2D eigenvalue weighted by molar-refractivity contribution is 0.344. The number of hydrogen-bond acceptors (Lipinski definition) is 5. The first kappa shape index (κ1) is 15.2. The summed E-state index contributed by atoms with van der Waals surface area (Å²) in [7, 11) is 0. The summed E-state index contributed by atoms with van der Waals surface area (Å²) in [5.41, 5.74) is 0.886. The molecule has 0 fully saturated rings. The number of aromatic nitrogens is 1. The van der Waals surface area contributed by atoms with Crippen molar-refractivity contribution in [2.45, 2.75) is 6.92 Å². The topological polar surface area (TPSA) is 50.3 Å². The molecule has 0 saturated heterocycles. The average Bonchev–Trinajstić information content (AvgIpc) is 2.76. The zero-order valence-electron chi connectivity index (χ0n) is 10.5. The van der Waals surface area contributed by atoms with Crippen molar-refractivity contribution in [3.05, 3.63) is 36.7 Å².